The predicted octanol–water partition coefficient (Wildman–Crippen LogP) is 2.70. The highest BCUT2D eigenvalue weighted by Gasteiger charge is 2.45. The van der Waals surface area contributed by atoms with Crippen LogP contribution < -0.4 is 5.73 Å². The molecule has 3 heteroatoms. The van der Waals surface area contributed by atoms with Crippen molar-refractivity contribution in [2.75, 3.05) is 33.2 Å². The third-order valence-electron chi connectivity index (χ3n) is 5.67. The summed E-state index contributed by atoms with van der Waals surface area (Å²) in [5, 5.41) is 0. The quantitative estimate of drug-likeness (QED) is 0.863. The molecule has 2 N–H and O–H groups in total. The molecule has 1 aliphatic carbocycles. The van der Waals surface area contributed by atoms with Crippen LogP contribution in [0.2, 0.25) is 0 Å². The molecule has 118 valence electrons. The molecule has 2 aliphatic rings. The summed E-state index contributed by atoms with van der Waals surface area (Å²) < 4.78 is 0. The van der Waals surface area contributed by atoms with Gasteiger partial charge in [-0.05, 0) is 51.1 Å². The van der Waals surface area contributed by atoms with Crippen molar-refractivity contribution < 1.29 is 0 Å². The summed E-state index contributed by atoms with van der Waals surface area (Å²) in [5.74, 6) is 0. The molecule has 20 heavy (non-hydrogen) atoms. The molecule has 3 nitrogen and oxygen atoms in total. The van der Waals surface area contributed by atoms with Crippen LogP contribution in [0, 0.1) is 5.41 Å². The van der Waals surface area contributed by atoms with Crippen molar-refractivity contribution in [1.82, 2.24) is 9.80 Å². The van der Waals surface area contributed by atoms with E-state index < -0.39 is 0 Å². The van der Waals surface area contributed by atoms with E-state index in [1.165, 1.54) is 58.2 Å². The van der Waals surface area contributed by atoms with Gasteiger partial charge in [0.1, 0.15) is 0 Å². The molecule has 0 aromatic rings. The summed E-state index contributed by atoms with van der Waals surface area (Å²) in [6.45, 7) is 11.7. The average molecular weight is 281 g/mol. The Balaban J connectivity index is 2.23. The summed E-state index contributed by atoms with van der Waals surface area (Å²) in [4.78, 5) is 5.32. The Morgan fingerprint density at radius 3 is 2.50 bits per heavy atom. The van der Waals surface area contributed by atoms with Crippen molar-refractivity contribution >= 4 is 0 Å². The number of hydrogen-bond acceptors (Lipinski definition) is 3. The Morgan fingerprint density at radius 1 is 1.15 bits per heavy atom. The van der Waals surface area contributed by atoms with Crippen molar-refractivity contribution in [2.45, 2.75) is 70.9 Å². The minimum Gasteiger partial charge on any atom is -0.329 e. The molecule has 1 saturated carbocycles. The van der Waals surface area contributed by atoms with Crippen LogP contribution in [0.5, 0.6) is 0 Å². The van der Waals surface area contributed by atoms with E-state index in [1.807, 2.05) is 0 Å². The lowest BCUT2D eigenvalue weighted by molar-refractivity contribution is -0.0178. The summed E-state index contributed by atoms with van der Waals surface area (Å²) in [5.41, 5.74) is 7.05. The van der Waals surface area contributed by atoms with Crippen LogP contribution in [0.4, 0.5) is 0 Å². The van der Waals surface area contributed by atoms with Crippen molar-refractivity contribution in [1.29, 1.82) is 0 Å². The van der Waals surface area contributed by atoms with E-state index in [9.17, 15) is 0 Å². The Kier molecular flexibility index (Phi) is 5.14. The first kappa shape index (κ1) is 16.3. The smallest absolute Gasteiger partial charge is 0.0340 e. The first-order valence-electron chi connectivity index (χ1n) is 8.58. The highest BCUT2D eigenvalue weighted by molar-refractivity contribution is 5.02. The van der Waals surface area contributed by atoms with Gasteiger partial charge in [0.05, 0.1) is 0 Å². The number of rotatable bonds is 3. The van der Waals surface area contributed by atoms with Gasteiger partial charge >= 0.3 is 0 Å². The predicted molar refractivity (Wildman–Crippen MR) is 86.9 cm³/mol. The van der Waals surface area contributed by atoms with Gasteiger partial charge in [0, 0.05) is 31.2 Å². The third-order valence-corrected chi connectivity index (χ3v) is 5.67. The van der Waals surface area contributed by atoms with Gasteiger partial charge in [0.2, 0.25) is 0 Å². The Labute approximate surface area is 125 Å². The highest BCUT2D eigenvalue weighted by Crippen LogP contribution is 2.44. The summed E-state index contributed by atoms with van der Waals surface area (Å²) in [6.07, 6.45) is 7.80. The zero-order valence-electron chi connectivity index (χ0n) is 14.1. The first-order chi connectivity index (χ1) is 9.42. The van der Waals surface area contributed by atoms with Crippen molar-refractivity contribution in [3.8, 4) is 0 Å². The molecule has 2 rings (SSSR count). The van der Waals surface area contributed by atoms with Gasteiger partial charge < -0.3 is 10.6 Å². The maximum atomic E-state index is 6.34. The summed E-state index contributed by atoms with van der Waals surface area (Å²) in [7, 11) is 2.27. The fourth-order valence-electron chi connectivity index (χ4n) is 4.72. The van der Waals surface area contributed by atoms with E-state index in [2.05, 4.69) is 37.6 Å². The molecule has 1 saturated heterocycles. The maximum Gasteiger partial charge on any atom is 0.0340 e. The van der Waals surface area contributed by atoms with E-state index in [0.29, 0.717) is 11.5 Å². The molecule has 2 fully saturated rings. The lowest BCUT2D eigenvalue weighted by atomic mass is 9.67. The van der Waals surface area contributed by atoms with E-state index in [0.717, 1.165) is 6.54 Å². The topological polar surface area (TPSA) is 32.5 Å². The molecule has 0 aromatic heterocycles. The molecule has 0 radical (unpaired) electrons. The largest absolute Gasteiger partial charge is 0.329 e. The highest BCUT2D eigenvalue weighted by atomic mass is 15.3. The number of nitrogens with zero attached hydrogens (tertiary/aromatic N) is 2. The Morgan fingerprint density at radius 2 is 1.90 bits per heavy atom. The Hall–Kier alpha value is -0.120. The molecule has 0 amide bonds. The van der Waals surface area contributed by atoms with Crippen LogP contribution >= 0.6 is 0 Å². The molecule has 1 heterocycles. The number of nitrogens with two attached hydrogens (primary N) is 1. The van der Waals surface area contributed by atoms with Gasteiger partial charge in [-0.1, -0.05) is 27.2 Å². The normalized spacial score (nSPS) is 36.8. The molecule has 2 unspecified atom stereocenters. The molecular formula is C17H35N3. The monoisotopic (exact) mass is 281 g/mol. The summed E-state index contributed by atoms with van der Waals surface area (Å²) in [6, 6.07) is 0.681. The van der Waals surface area contributed by atoms with Crippen molar-refractivity contribution in [3.05, 3.63) is 0 Å². The van der Waals surface area contributed by atoms with Gasteiger partial charge in [0.25, 0.3) is 0 Å². The molecular weight excluding hydrogens is 246 g/mol. The number of hydrogen-bond donors (Lipinski definition) is 1. The van der Waals surface area contributed by atoms with Crippen LogP contribution in [-0.4, -0.2) is 54.6 Å². The fourth-order valence-corrected chi connectivity index (χ4v) is 4.72. The van der Waals surface area contributed by atoms with Gasteiger partial charge in [-0.2, -0.15) is 0 Å². The minimum atomic E-state index is 0.258. The fraction of sp³-hybridized carbons (Fsp3) is 1.00. The van der Waals surface area contributed by atoms with E-state index in [1.54, 1.807) is 0 Å². The standard InChI is InChI=1S/C17H35N3/c1-5-15-12-19(4)10-7-11-20(15)17(14-18)9-6-8-16(2,3)13-17/h15H,5-14,18H2,1-4H3. The van der Waals surface area contributed by atoms with Crippen LogP contribution in [0.1, 0.15) is 59.3 Å². The van der Waals surface area contributed by atoms with Gasteiger partial charge in [0.15, 0.2) is 0 Å². The third kappa shape index (κ3) is 3.37. The van der Waals surface area contributed by atoms with Crippen LogP contribution in [-0.2, 0) is 0 Å². The second kappa shape index (κ2) is 6.33. The van der Waals surface area contributed by atoms with E-state index in [4.69, 9.17) is 5.73 Å². The molecule has 0 spiro atoms. The minimum absolute atomic E-state index is 0.258. The summed E-state index contributed by atoms with van der Waals surface area (Å²) >= 11 is 0. The first-order valence-corrected chi connectivity index (χ1v) is 8.58. The van der Waals surface area contributed by atoms with Gasteiger partial charge in [-0.3, -0.25) is 4.90 Å². The molecule has 1 aliphatic heterocycles. The van der Waals surface area contributed by atoms with Gasteiger partial charge in [-0.15, -0.1) is 0 Å². The van der Waals surface area contributed by atoms with E-state index >= 15 is 0 Å². The molecule has 2 atom stereocenters. The van der Waals surface area contributed by atoms with Gasteiger partial charge in [-0.25, -0.2) is 0 Å². The maximum absolute atomic E-state index is 6.34. The lowest BCUT2D eigenvalue weighted by Gasteiger charge is -2.53. The Bertz CT molecular complexity index is 315. The van der Waals surface area contributed by atoms with Crippen molar-refractivity contribution in [2.24, 2.45) is 11.1 Å². The zero-order chi connectivity index (χ0) is 14.8. The molecule has 0 aromatic carbocycles. The molecule has 0 bridgehead atoms. The second-order valence-electron chi connectivity index (χ2n) is 7.99. The van der Waals surface area contributed by atoms with Crippen LogP contribution in [0.25, 0.3) is 0 Å². The zero-order valence-corrected chi connectivity index (χ0v) is 14.1. The second-order valence-corrected chi connectivity index (χ2v) is 7.99. The van der Waals surface area contributed by atoms with Crippen LogP contribution in [0.15, 0.2) is 0 Å². The average Bonchev–Trinajstić information content (AvgIpc) is 2.59. The van der Waals surface area contributed by atoms with E-state index in [-0.39, 0.29) is 5.54 Å². The SMILES string of the molecule is CCC1CN(C)CCCN1C1(CN)CCCC(C)(C)C1. The van der Waals surface area contributed by atoms with Crippen molar-refractivity contribution in [3.63, 3.8) is 0 Å². The van der Waals surface area contributed by atoms with Crippen LogP contribution in [0.3, 0.4) is 0 Å². The number of likely N-dealkylation sites (N-methyl/N-ethyl adjacent to an activating group) is 1. The lowest BCUT2D eigenvalue weighted by Crippen LogP contribution is -2.61.